The Morgan fingerprint density at radius 2 is 2.18 bits per heavy atom. The molecule has 1 rings (SSSR count). The summed E-state index contributed by atoms with van der Waals surface area (Å²) in [4.78, 5) is 18.2. The second-order valence-corrected chi connectivity index (χ2v) is 3.46. The number of ether oxygens (including phenoxy) is 1. The number of hydrogen-bond acceptors (Lipinski definition) is 5. The Labute approximate surface area is 96.5 Å². The van der Waals surface area contributed by atoms with E-state index >= 15 is 0 Å². The summed E-state index contributed by atoms with van der Waals surface area (Å²) in [5.74, 6) is -5.89. The SMILES string of the molecule is CCOC(=O)C(F)(F)C(C)(O)c1cnccn1. The summed E-state index contributed by atoms with van der Waals surface area (Å²) in [5.41, 5.74) is -3.17. The summed E-state index contributed by atoms with van der Waals surface area (Å²) >= 11 is 0. The normalized spacial score (nSPS) is 15.1. The molecule has 0 radical (unpaired) electrons. The molecule has 0 aliphatic carbocycles. The summed E-state index contributed by atoms with van der Waals surface area (Å²) in [6.07, 6.45) is 3.38. The van der Waals surface area contributed by atoms with Crippen LogP contribution in [0, 0.1) is 0 Å². The lowest BCUT2D eigenvalue weighted by Gasteiger charge is -2.29. The van der Waals surface area contributed by atoms with Crippen molar-refractivity contribution in [3.63, 3.8) is 0 Å². The Morgan fingerprint density at radius 1 is 1.53 bits per heavy atom. The Morgan fingerprint density at radius 3 is 2.65 bits per heavy atom. The third kappa shape index (κ3) is 2.38. The number of esters is 1. The summed E-state index contributed by atoms with van der Waals surface area (Å²) in [5, 5.41) is 9.76. The van der Waals surface area contributed by atoms with Crippen LogP contribution < -0.4 is 0 Å². The van der Waals surface area contributed by atoms with Gasteiger partial charge < -0.3 is 9.84 Å². The summed E-state index contributed by atoms with van der Waals surface area (Å²) in [6.45, 7) is 1.98. The van der Waals surface area contributed by atoms with Crippen molar-refractivity contribution in [3.8, 4) is 0 Å². The Bertz CT molecular complexity index is 396. The van der Waals surface area contributed by atoms with Gasteiger partial charge in [0.2, 0.25) is 0 Å². The predicted molar refractivity (Wildman–Crippen MR) is 53.2 cm³/mol. The second-order valence-electron chi connectivity index (χ2n) is 3.46. The molecule has 0 bridgehead atoms. The fraction of sp³-hybridized carbons (Fsp3) is 0.500. The highest BCUT2D eigenvalue weighted by Gasteiger charge is 2.58. The monoisotopic (exact) mass is 246 g/mol. The maximum atomic E-state index is 13.7. The molecule has 1 atom stereocenters. The van der Waals surface area contributed by atoms with Crippen LogP contribution in [0.1, 0.15) is 19.5 Å². The minimum absolute atomic E-state index is 0.203. The van der Waals surface area contributed by atoms with Crippen LogP contribution in [0.25, 0.3) is 0 Å². The smallest absolute Gasteiger partial charge is 0.380 e. The van der Waals surface area contributed by atoms with Crippen LogP contribution in [-0.4, -0.2) is 33.6 Å². The zero-order valence-electron chi connectivity index (χ0n) is 9.35. The van der Waals surface area contributed by atoms with E-state index in [1.54, 1.807) is 0 Å². The molecular weight excluding hydrogens is 234 g/mol. The maximum Gasteiger partial charge on any atom is 0.380 e. The quantitative estimate of drug-likeness (QED) is 0.798. The number of alkyl halides is 2. The topological polar surface area (TPSA) is 72.3 Å². The van der Waals surface area contributed by atoms with Gasteiger partial charge in [-0.15, -0.1) is 0 Å². The molecule has 1 aromatic rings. The van der Waals surface area contributed by atoms with Crippen LogP contribution in [-0.2, 0) is 15.1 Å². The molecule has 17 heavy (non-hydrogen) atoms. The lowest BCUT2D eigenvalue weighted by atomic mass is 9.94. The van der Waals surface area contributed by atoms with Gasteiger partial charge >= 0.3 is 11.9 Å². The lowest BCUT2D eigenvalue weighted by Crippen LogP contribution is -2.50. The zero-order chi connectivity index (χ0) is 13.1. The molecule has 0 aliphatic heterocycles. The average molecular weight is 246 g/mol. The number of carbonyl (C=O) groups excluding carboxylic acids is 1. The van der Waals surface area contributed by atoms with Crippen LogP contribution in [0.15, 0.2) is 18.6 Å². The van der Waals surface area contributed by atoms with Gasteiger partial charge in [-0.25, -0.2) is 4.79 Å². The van der Waals surface area contributed by atoms with Gasteiger partial charge in [0.15, 0.2) is 5.60 Å². The average Bonchev–Trinajstić information content (AvgIpc) is 2.30. The van der Waals surface area contributed by atoms with Gasteiger partial charge in [0, 0.05) is 12.4 Å². The first kappa shape index (κ1) is 13.4. The molecular formula is C10H12F2N2O3. The minimum Gasteiger partial charge on any atom is -0.461 e. The third-order valence-corrected chi connectivity index (χ3v) is 2.21. The zero-order valence-corrected chi connectivity index (χ0v) is 9.35. The van der Waals surface area contributed by atoms with E-state index in [-0.39, 0.29) is 6.61 Å². The van der Waals surface area contributed by atoms with E-state index in [2.05, 4.69) is 14.7 Å². The molecule has 0 saturated heterocycles. The molecule has 0 spiro atoms. The van der Waals surface area contributed by atoms with Gasteiger partial charge in [0.25, 0.3) is 0 Å². The van der Waals surface area contributed by atoms with Crippen molar-refractivity contribution in [1.82, 2.24) is 9.97 Å². The molecule has 0 aromatic carbocycles. The van der Waals surface area contributed by atoms with Crippen molar-refractivity contribution in [2.24, 2.45) is 0 Å². The number of hydrogen-bond donors (Lipinski definition) is 1. The largest absolute Gasteiger partial charge is 0.461 e. The van der Waals surface area contributed by atoms with E-state index in [1.807, 2.05) is 0 Å². The lowest BCUT2D eigenvalue weighted by molar-refractivity contribution is -0.213. The summed E-state index contributed by atoms with van der Waals surface area (Å²) < 4.78 is 31.6. The van der Waals surface area contributed by atoms with Gasteiger partial charge in [0.1, 0.15) is 0 Å². The summed E-state index contributed by atoms with van der Waals surface area (Å²) in [7, 11) is 0. The molecule has 1 heterocycles. The van der Waals surface area contributed by atoms with Gasteiger partial charge in [-0.1, -0.05) is 0 Å². The molecule has 0 aliphatic rings. The number of carbonyl (C=O) groups is 1. The van der Waals surface area contributed by atoms with Crippen LogP contribution in [0.4, 0.5) is 8.78 Å². The first-order valence-corrected chi connectivity index (χ1v) is 4.88. The maximum absolute atomic E-state index is 13.7. The molecule has 1 unspecified atom stereocenters. The van der Waals surface area contributed by atoms with Gasteiger partial charge in [-0.05, 0) is 13.8 Å². The number of halogens is 2. The fourth-order valence-corrected chi connectivity index (χ4v) is 1.13. The summed E-state index contributed by atoms with van der Waals surface area (Å²) in [6, 6.07) is 0. The highest BCUT2D eigenvalue weighted by molar-refractivity contribution is 5.79. The first-order chi connectivity index (χ1) is 7.84. The van der Waals surface area contributed by atoms with Crippen LogP contribution in [0.2, 0.25) is 0 Å². The van der Waals surface area contributed by atoms with E-state index in [0.717, 1.165) is 19.3 Å². The minimum atomic E-state index is -4.10. The number of aliphatic hydroxyl groups is 1. The highest BCUT2D eigenvalue weighted by Crippen LogP contribution is 2.37. The predicted octanol–water partition coefficient (Wildman–Crippen LogP) is 0.882. The van der Waals surface area contributed by atoms with Crippen LogP contribution in [0.5, 0.6) is 0 Å². The van der Waals surface area contributed by atoms with Crippen molar-refractivity contribution in [2.75, 3.05) is 6.61 Å². The van der Waals surface area contributed by atoms with Gasteiger partial charge in [-0.2, -0.15) is 8.78 Å². The fourth-order valence-electron chi connectivity index (χ4n) is 1.13. The van der Waals surface area contributed by atoms with Crippen LogP contribution >= 0.6 is 0 Å². The Balaban J connectivity index is 3.08. The van der Waals surface area contributed by atoms with Crippen molar-refractivity contribution in [1.29, 1.82) is 0 Å². The number of rotatable bonds is 4. The number of nitrogens with zero attached hydrogens (tertiary/aromatic N) is 2. The third-order valence-electron chi connectivity index (χ3n) is 2.21. The van der Waals surface area contributed by atoms with E-state index in [0.29, 0.717) is 0 Å². The van der Waals surface area contributed by atoms with E-state index in [1.165, 1.54) is 13.1 Å². The second kappa shape index (κ2) is 4.70. The standard InChI is InChI=1S/C10H12F2N2O3/c1-3-17-8(15)10(11,12)9(2,16)7-6-13-4-5-14-7/h4-6,16H,3H2,1-2H3. The van der Waals surface area contributed by atoms with Crippen molar-refractivity contribution < 1.29 is 23.4 Å². The van der Waals surface area contributed by atoms with E-state index in [9.17, 15) is 18.7 Å². The Hall–Kier alpha value is -1.63. The molecule has 94 valence electrons. The first-order valence-electron chi connectivity index (χ1n) is 4.88. The van der Waals surface area contributed by atoms with E-state index < -0.39 is 23.2 Å². The van der Waals surface area contributed by atoms with Gasteiger partial charge in [0.05, 0.1) is 18.5 Å². The van der Waals surface area contributed by atoms with Crippen LogP contribution in [0.3, 0.4) is 0 Å². The molecule has 1 N–H and O–H groups in total. The van der Waals surface area contributed by atoms with Crippen molar-refractivity contribution >= 4 is 5.97 Å². The Kier molecular flexibility index (Phi) is 3.72. The molecule has 5 nitrogen and oxygen atoms in total. The number of aromatic nitrogens is 2. The van der Waals surface area contributed by atoms with E-state index in [4.69, 9.17) is 0 Å². The molecule has 7 heteroatoms. The van der Waals surface area contributed by atoms with Crippen molar-refractivity contribution in [3.05, 3.63) is 24.3 Å². The van der Waals surface area contributed by atoms with Crippen molar-refractivity contribution in [2.45, 2.75) is 25.4 Å². The van der Waals surface area contributed by atoms with Gasteiger partial charge in [-0.3, -0.25) is 9.97 Å². The molecule has 0 saturated carbocycles. The molecule has 0 fully saturated rings. The molecule has 1 aromatic heterocycles. The highest BCUT2D eigenvalue weighted by atomic mass is 19.3. The molecule has 0 amide bonds.